The first-order chi connectivity index (χ1) is 14.3. The highest BCUT2D eigenvalue weighted by Crippen LogP contribution is 2.26. The van der Waals surface area contributed by atoms with E-state index >= 15 is 0 Å². The first-order valence-corrected chi connectivity index (χ1v) is 8.92. The van der Waals surface area contributed by atoms with Gasteiger partial charge in [0.15, 0.2) is 6.10 Å². The van der Waals surface area contributed by atoms with E-state index in [0.29, 0.717) is 0 Å². The fourth-order valence-electron chi connectivity index (χ4n) is 2.84. The number of carbonyl (C=O) groups excluding carboxylic acids is 2. The summed E-state index contributed by atoms with van der Waals surface area (Å²) in [6, 6.07) is 10.1. The van der Waals surface area contributed by atoms with Gasteiger partial charge in [-0.3, -0.25) is 0 Å². The van der Waals surface area contributed by atoms with Gasteiger partial charge in [-0.05, 0) is 48.5 Å². The van der Waals surface area contributed by atoms with Crippen LogP contribution in [0, 0.1) is 0 Å². The van der Waals surface area contributed by atoms with Crippen molar-refractivity contribution >= 4 is 11.9 Å². The summed E-state index contributed by atoms with van der Waals surface area (Å²) in [5, 5.41) is 48.5. The molecular formula is C20H20O10. The number of hydrogen-bond donors (Lipinski definition) is 5. The van der Waals surface area contributed by atoms with Crippen molar-refractivity contribution in [2.24, 2.45) is 0 Å². The lowest BCUT2D eigenvalue weighted by Gasteiger charge is -2.40. The molecule has 3 rings (SSSR count). The van der Waals surface area contributed by atoms with E-state index in [9.17, 15) is 35.1 Å². The van der Waals surface area contributed by atoms with Crippen LogP contribution in [0.25, 0.3) is 0 Å². The van der Waals surface area contributed by atoms with Crippen molar-refractivity contribution in [3.8, 4) is 11.5 Å². The highest BCUT2D eigenvalue weighted by Gasteiger charge is 2.48. The summed E-state index contributed by atoms with van der Waals surface area (Å²) in [6.07, 6.45) is -7.87. The van der Waals surface area contributed by atoms with E-state index < -0.39 is 49.3 Å². The molecule has 1 aliphatic rings. The molecule has 1 fully saturated rings. The van der Waals surface area contributed by atoms with Crippen LogP contribution in [0.4, 0.5) is 0 Å². The van der Waals surface area contributed by atoms with Crippen LogP contribution in [-0.4, -0.2) is 74.8 Å². The van der Waals surface area contributed by atoms with Gasteiger partial charge in [-0.1, -0.05) is 0 Å². The molecule has 30 heavy (non-hydrogen) atoms. The molecule has 5 atom stereocenters. The number of carbonyl (C=O) groups is 2. The molecule has 2 aromatic rings. The first kappa shape index (κ1) is 21.5. The Bertz CT molecular complexity index is 879. The Morgan fingerprint density at radius 2 is 1.27 bits per heavy atom. The summed E-state index contributed by atoms with van der Waals surface area (Å²) >= 11 is 0. The van der Waals surface area contributed by atoms with Gasteiger partial charge in [0.2, 0.25) is 6.29 Å². The normalized spacial score (nSPS) is 26.0. The second-order valence-electron chi connectivity index (χ2n) is 6.58. The topological polar surface area (TPSA) is 163 Å². The van der Waals surface area contributed by atoms with Gasteiger partial charge in [-0.15, -0.1) is 0 Å². The quantitative estimate of drug-likeness (QED) is 0.413. The number of hydrogen-bond acceptors (Lipinski definition) is 10. The van der Waals surface area contributed by atoms with Crippen LogP contribution in [0.3, 0.4) is 0 Å². The molecule has 160 valence electrons. The largest absolute Gasteiger partial charge is 0.508 e. The number of benzene rings is 2. The van der Waals surface area contributed by atoms with E-state index in [0.717, 1.165) is 0 Å². The standard InChI is InChI=1S/C20H20O10/c21-9-14-15(24)16(25)17(29-18(26)10-1-5-12(22)6-2-10)20(28-14)30-19(27)11-3-7-13(23)8-4-11/h1-8,14-17,20-25H,9H2/t14-,15-,16+,17-,20-/m1/s1. The van der Waals surface area contributed by atoms with E-state index in [2.05, 4.69) is 0 Å². The van der Waals surface area contributed by atoms with Gasteiger partial charge in [-0.2, -0.15) is 0 Å². The Kier molecular flexibility index (Phi) is 6.53. The second-order valence-corrected chi connectivity index (χ2v) is 6.58. The number of phenolic OH excluding ortho intramolecular Hbond substituents is 2. The second kappa shape index (κ2) is 9.09. The highest BCUT2D eigenvalue weighted by atomic mass is 16.7. The van der Waals surface area contributed by atoms with Gasteiger partial charge < -0.3 is 39.7 Å². The smallest absolute Gasteiger partial charge is 0.340 e. The average molecular weight is 420 g/mol. The number of ether oxygens (including phenoxy) is 3. The van der Waals surface area contributed by atoms with E-state index in [1.165, 1.54) is 48.5 Å². The fraction of sp³-hybridized carbons (Fsp3) is 0.300. The Hall–Kier alpha value is -3.18. The van der Waals surface area contributed by atoms with Gasteiger partial charge in [0.05, 0.1) is 17.7 Å². The molecule has 1 aliphatic heterocycles. The molecule has 2 aromatic carbocycles. The van der Waals surface area contributed by atoms with Gasteiger partial charge in [0.25, 0.3) is 0 Å². The SMILES string of the molecule is O=C(O[C@H]1O[C@H](CO)[C@@H](O)[C@H](O)[C@H]1OC(=O)c1ccc(O)cc1)c1ccc(O)cc1. The Morgan fingerprint density at radius 1 is 0.800 bits per heavy atom. The lowest BCUT2D eigenvalue weighted by Crippen LogP contribution is -2.60. The minimum absolute atomic E-state index is 0.0300. The third-order valence-corrected chi connectivity index (χ3v) is 4.50. The number of rotatable bonds is 5. The first-order valence-electron chi connectivity index (χ1n) is 8.92. The van der Waals surface area contributed by atoms with E-state index in [1.807, 2.05) is 0 Å². The maximum atomic E-state index is 12.4. The molecule has 1 heterocycles. The molecule has 0 spiro atoms. The van der Waals surface area contributed by atoms with Gasteiger partial charge in [0.1, 0.15) is 29.8 Å². The van der Waals surface area contributed by atoms with E-state index in [1.54, 1.807) is 0 Å². The van der Waals surface area contributed by atoms with Gasteiger partial charge >= 0.3 is 11.9 Å². The molecule has 0 amide bonds. The number of phenols is 2. The molecule has 0 aromatic heterocycles. The van der Waals surface area contributed by atoms with Gasteiger partial charge in [-0.25, -0.2) is 9.59 Å². The number of aliphatic hydroxyl groups is 3. The third-order valence-electron chi connectivity index (χ3n) is 4.50. The molecule has 0 aliphatic carbocycles. The van der Waals surface area contributed by atoms with Crippen LogP contribution < -0.4 is 0 Å². The monoisotopic (exact) mass is 420 g/mol. The summed E-state index contributed by atoms with van der Waals surface area (Å²) in [7, 11) is 0. The van der Waals surface area contributed by atoms with Crippen molar-refractivity contribution in [2.45, 2.75) is 30.7 Å². The van der Waals surface area contributed by atoms with Crippen LogP contribution in [-0.2, 0) is 14.2 Å². The van der Waals surface area contributed by atoms with Crippen LogP contribution in [0.15, 0.2) is 48.5 Å². The lowest BCUT2D eigenvalue weighted by atomic mass is 9.99. The Morgan fingerprint density at radius 3 is 1.73 bits per heavy atom. The molecule has 10 nitrogen and oxygen atoms in total. The van der Waals surface area contributed by atoms with Crippen LogP contribution in [0.2, 0.25) is 0 Å². The number of esters is 2. The molecule has 0 saturated carbocycles. The maximum absolute atomic E-state index is 12.4. The van der Waals surface area contributed by atoms with Crippen LogP contribution in [0.5, 0.6) is 11.5 Å². The van der Waals surface area contributed by atoms with Crippen molar-refractivity contribution in [2.75, 3.05) is 6.61 Å². The summed E-state index contributed by atoms with van der Waals surface area (Å²) in [6.45, 7) is -0.690. The van der Waals surface area contributed by atoms with Crippen LogP contribution >= 0.6 is 0 Å². The Labute approximate surface area is 170 Å². The third kappa shape index (κ3) is 4.69. The predicted molar refractivity (Wildman–Crippen MR) is 98.6 cm³/mol. The minimum atomic E-state index is -1.73. The van der Waals surface area contributed by atoms with Crippen molar-refractivity contribution < 1.29 is 49.3 Å². The molecule has 0 unspecified atom stereocenters. The van der Waals surface area contributed by atoms with Gasteiger partial charge in [0, 0.05) is 0 Å². The van der Waals surface area contributed by atoms with Crippen LogP contribution in [0.1, 0.15) is 20.7 Å². The predicted octanol–water partition coefficient (Wildman–Crippen LogP) is -0.0808. The zero-order valence-corrected chi connectivity index (χ0v) is 15.5. The summed E-state index contributed by atoms with van der Waals surface area (Å²) in [4.78, 5) is 24.8. The van der Waals surface area contributed by atoms with Crippen molar-refractivity contribution in [3.05, 3.63) is 59.7 Å². The highest BCUT2D eigenvalue weighted by molar-refractivity contribution is 5.90. The molecular weight excluding hydrogens is 400 g/mol. The molecule has 10 heteroatoms. The summed E-state index contributed by atoms with van der Waals surface area (Å²) in [5.74, 6) is -1.98. The maximum Gasteiger partial charge on any atom is 0.340 e. The number of aliphatic hydroxyl groups excluding tert-OH is 3. The van der Waals surface area contributed by atoms with Crippen molar-refractivity contribution in [1.82, 2.24) is 0 Å². The molecule has 0 radical (unpaired) electrons. The molecule has 0 bridgehead atoms. The number of aromatic hydroxyl groups is 2. The minimum Gasteiger partial charge on any atom is -0.508 e. The van der Waals surface area contributed by atoms with E-state index in [-0.39, 0.29) is 22.6 Å². The summed E-state index contributed by atoms with van der Waals surface area (Å²) in [5.41, 5.74) is 0.0727. The van der Waals surface area contributed by atoms with Crippen molar-refractivity contribution in [3.63, 3.8) is 0 Å². The fourth-order valence-corrected chi connectivity index (χ4v) is 2.84. The lowest BCUT2D eigenvalue weighted by molar-refractivity contribution is -0.284. The van der Waals surface area contributed by atoms with Crippen molar-refractivity contribution in [1.29, 1.82) is 0 Å². The summed E-state index contributed by atoms with van der Waals surface area (Å²) < 4.78 is 15.7. The molecule has 1 saturated heterocycles. The molecule has 5 N–H and O–H groups in total. The Balaban J connectivity index is 1.80. The average Bonchev–Trinajstić information content (AvgIpc) is 2.74. The zero-order valence-electron chi connectivity index (χ0n) is 15.5. The van der Waals surface area contributed by atoms with E-state index in [4.69, 9.17) is 14.2 Å². The zero-order chi connectivity index (χ0) is 21.8.